The molecule has 2 N–H and O–H groups in total. The fourth-order valence-corrected chi connectivity index (χ4v) is 5.14. The van der Waals surface area contributed by atoms with Gasteiger partial charge in [-0.25, -0.2) is 14.6 Å². The lowest BCUT2D eigenvalue weighted by Crippen LogP contribution is -2.38. The summed E-state index contributed by atoms with van der Waals surface area (Å²) in [4.78, 5) is 35.0. The molecule has 34 heavy (non-hydrogen) atoms. The number of ether oxygens (including phenoxy) is 1. The van der Waals surface area contributed by atoms with Gasteiger partial charge in [0.2, 0.25) is 5.82 Å². The first-order valence-corrected chi connectivity index (χ1v) is 11.9. The summed E-state index contributed by atoms with van der Waals surface area (Å²) < 4.78 is 5.66. The average molecular weight is 499 g/mol. The van der Waals surface area contributed by atoms with E-state index in [-0.39, 0.29) is 41.7 Å². The molecular weight excluding hydrogens is 476 g/mol. The smallest absolute Gasteiger partial charge is 0.413 e. The summed E-state index contributed by atoms with van der Waals surface area (Å²) >= 11 is 2.57. The van der Waals surface area contributed by atoms with E-state index in [4.69, 9.17) is 4.74 Å². The second kappa shape index (κ2) is 10.0. The van der Waals surface area contributed by atoms with Crippen LogP contribution in [0, 0.1) is 22.7 Å². The summed E-state index contributed by atoms with van der Waals surface area (Å²) in [7, 11) is 0. The third-order valence-corrected chi connectivity index (χ3v) is 6.49. The molecule has 0 aromatic carbocycles. The summed E-state index contributed by atoms with van der Waals surface area (Å²) in [6.45, 7) is 7.08. The van der Waals surface area contributed by atoms with Crippen LogP contribution < -0.4 is 10.2 Å². The van der Waals surface area contributed by atoms with Crippen molar-refractivity contribution in [2.24, 2.45) is 0 Å². The van der Waals surface area contributed by atoms with Crippen molar-refractivity contribution in [3.8, 4) is 12.1 Å². The van der Waals surface area contributed by atoms with E-state index in [2.05, 4.69) is 21.4 Å². The number of rotatable bonds is 6. The number of amides is 2. The number of hydrogen-bond donors (Lipinski definition) is 2. The number of carbonyl (C=O) groups excluding carboxylic acids is 1. The molecule has 0 fully saturated rings. The molecule has 0 bridgehead atoms. The molecule has 0 aliphatic rings. The Morgan fingerprint density at radius 2 is 2.03 bits per heavy atom. The van der Waals surface area contributed by atoms with E-state index in [1.54, 1.807) is 33.8 Å². The number of aromatic nitrogens is 2. The number of hydrogen-bond acceptors (Lipinski definition) is 9. The third kappa shape index (κ3) is 5.78. The molecule has 1 atom stereocenters. The summed E-state index contributed by atoms with van der Waals surface area (Å²) in [5.74, 6) is -0.191. The first-order valence-electron chi connectivity index (χ1n) is 10.2. The standard InChI is InChI=1S/C22H22N6O4S2/c1-12(25-20(29)32-22(2,3)4)8-15-14(9-23)17-18(34-15)19(27-16(10-24)26-17)28(21(30)31)11-13-6-5-7-33-13/h5-7,12H,8,11H2,1-4H3,(H,25,29)(H,30,31)/t12-/m0/s1. The zero-order chi connectivity index (χ0) is 25.0. The van der Waals surface area contributed by atoms with Gasteiger partial charge in [-0.3, -0.25) is 4.90 Å². The van der Waals surface area contributed by atoms with Gasteiger partial charge in [0.1, 0.15) is 23.3 Å². The van der Waals surface area contributed by atoms with Gasteiger partial charge < -0.3 is 15.2 Å². The van der Waals surface area contributed by atoms with E-state index < -0.39 is 17.8 Å². The van der Waals surface area contributed by atoms with Crippen LogP contribution in [0.5, 0.6) is 0 Å². The second-order valence-corrected chi connectivity index (χ2v) is 10.5. The Bertz CT molecular complexity index is 1300. The average Bonchev–Trinajstić information content (AvgIpc) is 3.36. The third-order valence-electron chi connectivity index (χ3n) is 4.44. The highest BCUT2D eigenvalue weighted by atomic mass is 32.1. The van der Waals surface area contributed by atoms with Crippen LogP contribution in [0.25, 0.3) is 10.2 Å². The zero-order valence-electron chi connectivity index (χ0n) is 18.9. The van der Waals surface area contributed by atoms with Gasteiger partial charge in [-0.15, -0.1) is 22.7 Å². The van der Waals surface area contributed by atoms with Crippen LogP contribution in [0.1, 0.15) is 48.8 Å². The van der Waals surface area contributed by atoms with E-state index in [1.807, 2.05) is 17.5 Å². The van der Waals surface area contributed by atoms with Crippen LogP contribution in [-0.2, 0) is 17.7 Å². The Kier molecular flexibility index (Phi) is 7.35. The molecule has 3 heterocycles. The van der Waals surface area contributed by atoms with Crippen LogP contribution >= 0.6 is 22.7 Å². The molecule has 3 aromatic heterocycles. The van der Waals surface area contributed by atoms with Crippen molar-refractivity contribution in [2.75, 3.05) is 4.90 Å². The van der Waals surface area contributed by atoms with Crippen molar-refractivity contribution in [1.29, 1.82) is 10.5 Å². The second-order valence-electron chi connectivity index (χ2n) is 8.37. The van der Waals surface area contributed by atoms with Crippen LogP contribution in [0.15, 0.2) is 17.5 Å². The normalized spacial score (nSPS) is 11.9. The lowest BCUT2D eigenvalue weighted by molar-refractivity contribution is 0.0508. The van der Waals surface area contributed by atoms with Crippen molar-refractivity contribution in [3.63, 3.8) is 0 Å². The molecular formula is C22H22N6O4S2. The van der Waals surface area contributed by atoms with Crippen molar-refractivity contribution >= 4 is 50.9 Å². The molecule has 0 aliphatic carbocycles. The van der Waals surface area contributed by atoms with Gasteiger partial charge >= 0.3 is 12.2 Å². The summed E-state index contributed by atoms with van der Waals surface area (Å²) in [5.41, 5.74) is -0.217. The van der Waals surface area contributed by atoms with Crippen molar-refractivity contribution in [2.45, 2.75) is 52.3 Å². The Morgan fingerprint density at radius 1 is 1.29 bits per heavy atom. The molecule has 176 valence electrons. The Hall–Kier alpha value is -3.74. The highest BCUT2D eigenvalue weighted by Gasteiger charge is 2.27. The lowest BCUT2D eigenvalue weighted by Gasteiger charge is -2.21. The predicted octanol–water partition coefficient (Wildman–Crippen LogP) is 4.64. The Balaban J connectivity index is 2.02. The predicted molar refractivity (Wildman–Crippen MR) is 128 cm³/mol. The van der Waals surface area contributed by atoms with E-state index in [9.17, 15) is 25.2 Å². The van der Waals surface area contributed by atoms with E-state index >= 15 is 0 Å². The number of carbonyl (C=O) groups is 2. The van der Waals surface area contributed by atoms with Gasteiger partial charge in [-0.2, -0.15) is 15.5 Å². The first kappa shape index (κ1) is 24.9. The maximum atomic E-state index is 12.1. The molecule has 0 aliphatic heterocycles. The molecule has 0 unspecified atom stereocenters. The van der Waals surface area contributed by atoms with Crippen LogP contribution in [0.4, 0.5) is 15.4 Å². The fourth-order valence-electron chi connectivity index (χ4n) is 3.13. The van der Waals surface area contributed by atoms with Gasteiger partial charge in [0, 0.05) is 22.2 Å². The Labute approximate surface area is 204 Å². The molecule has 0 radical (unpaired) electrons. The number of nitrogens with zero attached hydrogens (tertiary/aromatic N) is 5. The highest BCUT2D eigenvalue weighted by Crippen LogP contribution is 2.37. The van der Waals surface area contributed by atoms with Gasteiger partial charge in [0.25, 0.3) is 0 Å². The molecule has 0 saturated heterocycles. The topological polar surface area (TPSA) is 152 Å². The summed E-state index contributed by atoms with van der Waals surface area (Å²) in [5, 5.41) is 33.7. The molecule has 0 spiro atoms. The molecule has 0 saturated carbocycles. The molecule has 2 amide bonds. The van der Waals surface area contributed by atoms with Crippen molar-refractivity contribution in [1.82, 2.24) is 15.3 Å². The van der Waals surface area contributed by atoms with Crippen LogP contribution in [-0.4, -0.2) is 38.9 Å². The van der Waals surface area contributed by atoms with Crippen molar-refractivity contribution in [3.05, 3.63) is 38.7 Å². The number of anilines is 1. The summed E-state index contributed by atoms with van der Waals surface area (Å²) in [6.07, 6.45) is -1.55. The molecule has 12 heteroatoms. The fraction of sp³-hybridized carbons (Fsp3) is 0.364. The molecule has 3 aromatic rings. The lowest BCUT2D eigenvalue weighted by atomic mass is 10.1. The number of nitrogens with one attached hydrogen (secondary N) is 1. The van der Waals surface area contributed by atoms with Gasteiger partial charge in [0.05, 0.1) is 16.8 Å². The maximum Gasteiger partial charge on any atom is 0.413 e. The highest BCUT2D eigenvalue weighted by molar-refractivity contribution is 7.20. The van der Waals surface area contributed by atoms with Crippen molar-refractivity contribution < 1.29 is 19.4 Å². The minimum absolute atomic E-state index is 0.0374. The number of alkyl carbamates (subject to hydrolysis) is 1. The van der Waals surface area contributed by atoms with Gasteiger partial charge in [0.15, 0.2) is 5.82 Å². The SMILES string of the molecule is C[C@@H](Cc1sc2c(N(Cc3cccs3)C(=O)O)nc(C#N)nc2c1C#N)NC(=O)OC(C)(C)C. The van der Waals surface area contributed by atoms with Gasteiger partial charge in [-0.1, -0.05) is 6.07 Å². The molecule has 3 rings (SSSR count). The minimum Gasteiger partial charge on any atom is -0.465 e. The minimum atomic E-state index is -1.24. The van der Waals surface area contributed by atoms with Gasteiger partial charge in [-0.05, 0) is 39.1 Å². The van der Waals surface area contributed by atoms with Crippen LogP contribution in [0.2, 0.25) is 0 Å². The van der Waals surface area contributed by atoms with E-state index in [0.717, 1.165) is 9.78 Å². The largest absolute Gasteiger partial charge is 0.465 e. The first-order chi connectivity index (χ1) is 16.0. The summed E-state index contributed by atoms with van der Waals surface area (Å²) in [6, 6.07) is 7.18. The quantitative estimate of drug-likeness (QED) is 0.499. The van der Waals surface area contributed by atoms with E-state index in [0.29, 0.717) is 9.58 Å². The van der Waals surface area contributed by atoms with E-state index in [1.165, 1.54) is 22.7 Å². The number of thiophene rings is 2. The number of fused-ring (bicyclic) bond motifs is 1. The molecule has 10 nitrogen and oxygen atoms in total. The number of carboxylic acid groups (broad SMARTS) is 1. The maximum absolute atomic E-state index is 12.1. The number of nitriles is 2. The van der Waals surface area contributed by atoms with Crippen LogP contribution in [0.3, 0.4) is 0 Å². The Morgan fingerprint density at radius 3 is 2.59 bits per heavy atom. The zero-order valence-corrected chi connectivity index (χ0v) is 20.6. The monoisotopic (exact) mass is 498 g/mol.